The highest BCUT2D eigenvalue weighted by molar-refractivity contribution is 9.10. The summed E-state index contributed by atoms with van der Waals surface area (Å²) < 4.78 is 2.85. The molecule has 0 bridgehead atoms. The van der Waals surface area contributed by atoms with E-state index in [1.165, 1.54) is 0 Å². The Morgan fingerprint density at radius 3 is 2.71 bits per heavy atom. The summed E-state index contributed by atoms with van der Waals surface area (Å²) >= 11 is 9.86. The molecule has 2 rings (SSSR count). The predicted octanol–water partition coefficient (Wildman–Crippen LogP) is 4.47. The van der Waals surface area contributed by atoms with E-state index in [0.717, 1.165) is 40.0 Å². The maximum atomic E-state index is 10.6. The zero-order valence-corrected chi connectivity index (χ0v) is 14.9. The molecule has 0 saturated heterocycles. The predicted molar refractivity (Wildman–Crippen MR) is 89.8 cm³/mol. The fourth-order valence-electron chi connectivity index (χ4n) is 2.48. The summed E-state index contributed by atoms with van der Waals surface area (Å²) in [5, 5.41) is 15.8. The fraction of sp³-hybridized carbons (Fsp3) is 0.438. The van der Waals surface area contributed by atoms with Crippen LogP contribution in [0.2, 0.25) is 5.02 Å². The first-order valence-corrected chi connectivity index (χ1v) is 8.33. The first-order valence-electron chi connectivity index (χ1n) is 7.16. The molecule has 0 radical (unpaired) electrons. The molecule has 1 aromatic carbocycles. The number of nitrogens with zero attached hydrogens (tertiary/aromatic N) is 2. The van der Waals surface area contributed by atoms with Gasteiger partial charge in [0.05, 0.1) is 22.5 Å². The molecule has 0 saturated carbocycles. The van der Waals surface area contributed by atoms with Gasteiger partial charge in [-0.25, -0.2) is 0 Å². The number of aryl methyl sites for hydroxylation is 3. The fourth-order valence-corrected chi connectivity index (χ4v) is 3.20. The zero-order valence-electron chi connectivity index (χ0n) is 12.5. The molecule has 3 nitrogen and oxygen atoms in total. The van der Waals surface area contributed by atoms with Crippen LogP contribution in [0.15, 0.2) is 22.7 Å². The summed E-state index contributed by atoms with van der Waals surface area (Å²) in [5.74, 6) is 0. The van der Waals surface area contributed by atoms with E-state index in [0.29, 0.717) is 11.4 Å². The molecule has 0 aliphatic heterocycles. The van der Waals surface area contributed by atoms with Crippen molar-refractivity contribution in [3.05, 3.63) is 50.2 Å². The molecule has 21 heavy (non-hydrogen) atoms. The molecule has 0 aliphatic carbocycles. The number of benzene rings is 1. The van der Waals surface area contributed by atoms with Crippen molar-refractivity contribution in [3.8, 4) is 0 Å². The number of halogens is 2. The molecule has 2 aromatic rings. The third-order valence-electron chi connectivity index (χ3n) is 3.68. The van der Waals surface area contributed by atoms with Crippen LogP contribution in [0.1, 0.15) is 42.5 Å². The van der Waals surface area contributed by atoms with Gasteiger partial charge < -0.3 is 5.11 Å². The Morgan fingerprint density at radius 1 is 1.38 bits per heavy atom. The van der Waals surface area contributed by atoms with E-state index >= 15 is 0 Å². The van der Waals surface area contributed by atoms with Crippen LogP contribution in [0, 0.1) is 6.92 Å². The van der Waals surface area contributed by atoms with Crippen LogP contribution in [0.4, 0.5) is 0 Å². The van der Waals surface area contributed by atoms with Crippen LogP contribution in [-0.4, -0.2) is 14.9 Å². The monoisotopic (exact) mass is 370 g/mol. The maximum Gasteiger partial charge on any atom is 0.0851 e. The van der Waals surface area contributed by atoms with Gasteiger partial charge in [-0.2, -0.15) is 5.10 Å². The van der Waals surface area contributed by atoms with Gasteiger partial charge in [0.1, 0.15) is 0 Å². The highest BCUT2D eigenvalue weighted by Crippen LogP contribution is 2.29. The van der Waals surface area contributed by atoms with Crippen molar-refractivity contribution in [1.29, 1.82) is 0 Å². The van der Waals surface area contributed by atoms with E-state index in [2.05, 4.69) is 21.0 Å². The Morgan fingerprint density at radius 2 is 2.10 bits per heavy atom. The summed E-state index contributed by atoms with van der Waals surface area (Å²) in [6.07, 6.45) is 0.675. The van der Waals surface area contributed by atoms with Crippen molar-refractivity contribution in [2.45, 2.75) is 46.3 Å². The second kappa shape index (κ2) is 6.95. The average molecular weight is 372 g/mol. The molecule has 0 aliphatic rings. The highest BCUT2D eigenvalue weighted by atomic mass is 79.9. The van der Waals surface area contributed by atoms with Crippen molar-refractivity contribution < 1.29 is 5.11 Å². The normalized spacial score (nSPS) is 12.7. The Hall–Kier alpha value is -0.840. The first kappa shape index (κ1) is 16.5. The minimum atomic E-state index is -0.591. The van der Waals surface area contributed by atoms with Gasteiger partial charge in [0, 0.05) is 17.4 Å². The SMILES string of the molecule is CCc1nn(CC)c(CC(O)c2cc(Br)ccc2C)c1Cl. The van der Waals surface area contributed by atoms with E-state index in [4.69, 9.17) is 11.6 Å². The molecular weight excluding hydrogens is 352 g/mol. The van der Waals surface area contributed by atoms with Crippen LogP contribution < -0.4 is 0 Å². The standard InChI is InChI=1S/C16H20BrClN2O/c1-4-13-16(18)14(20(5-2)19-13)9-15(21)12-8-11(17)7-6-10(12)3/h6-8,15,21H,4-5,9H2,1-3H3. The summed E-state index contributed by atoms with van der Waals surface area (Å²) in [6.45, 7) is 6.82. The van der Waals surface area contributed by atoms with Crippen LogP contribution in [0.5, 0.6) is 0 Å². The Bertz CT molecular complexity index is 639. The molecule has 114 valence electrons. The number of hydrogen-bond donors (Lipinski definition) is 1. The van der Waals surface area contributed by atoms with Gasteiger partial charge >= 0.3 is 0 Å². The van der Waals surface area contributed by atoms with Gasteiger partial charge in [0.15, 0.2) is 0 Å². The van der Waals surface area contributed by atoms with Gasteiger partial charge in [0.2, 0.25) is 0 Å². The molecule has 1 heterocycles. The largest absolute Gasteiger partial charge is 0.388 e. The van der Waals surface area contributed by atoms with Gasteiger partial charge in [-0.3, -0.25) is 4.68 Å². The number of rotatable bonds is 5. The van der Waals surface area contributed by atoms with Crippen molar-refractivity contribution in [2.24, 2.45) is 0 Å². The smallest absolute Gasteiger partial charge is 0.0851 e. The van der Waals surface area contributed by atoms with E-state index in [1.807, 2.05) is 43.7 Å². The third kappa shape index (κ3) is 3.50. The quantitative estimate of drug-likeness (QED) is 0.842. The Balaban J connectivity index is 2.33. The minimum absolute atomic E-state index is 0.469. The highest BCUT2D eigenvalue weighted by Gasteiger charge is 2.19. The summed E-state index contributed by atoms with van der Waals surface area (Å²) in [5.41, 5.74) is 3.79. The summed E-state index contributed by atoms with van der Waals surface area (Å²) in [6, 6.07) is 5.93. The number of aromatic nitrogens is 2. The van der Waals surface area contributed by atoms with Gasteiger partial charge in [-0.05, 0) is 43.5 Å². The molecule has 0 amide bonds. The van der Waals surface area contributed by atoms with E-state index in [9.17, 15) is 5.11 Å². The van der Waals surface area contributed by atoms with Crippen molar-refractivity contribution >= 4 is 27.5 Å². The number of aliphatic hydroxyl groups excluding tert-OH is 1. The molecular formula is C16H20BrClN2O. The molecule has 1 aromatic heterocycles. The van der Waals surface area contributed by atoms with Gasteiger partial charge in [-0.1, -0.05) is 40.5 Å². The Labute approximate surface area is 139 Å². The zero-order chi connectivity index (χ0) is 15.6. The van der Waals surface area contributed by atoms with Crippen LogP contribution in [-0.2, 0) is 19.4 Å². The average Bonchev–Trinajstić information content (AvgIpc) is 2.77. The van der Waals surface area contributed by atoms with Crippen LogP contribution in [0.25, 0.3) is 0 Å². The molecule has 0 spiro atoms. The summed E-state index contributed by atoms with van der Waals surface area (Å²) in [4.78, 5) is 0. The minimum Gasteiger partial charge on any atom is -0.388 e. The molecule has 1 unspecified atom stereocenters. The lowest BCUT2D eigenvalue weighted by Gasteiger charge is -2.15. The van der Waals surface area contributed by atoms with Crippen molar-refractivity contribution in [1.82, 2.24) is 9.78 Å². The van der Waals surface area contributed by atoms with Gasteiger partial charge in [0.25, 0.3) is 0 Å². The Kier molecular flexibility index (Phi) is 5.47. The summed E-state index contributed by atoms with van der Waals surface area (Å²) in [7, 11) is 0. The van der Waals surface area contributed by atoms with Crippen LogP contribution >= 0.6 is 27.5 Å². The molecule has 1 atom stereocenters. The topological polar surface area (TPSA) is 38.0 Å². The van der Waals surface area contributed by atoms with Crippen molar-refractivity contribution in [3.63, 3.8) is 0 Å². The van der Waals surface area contributed by atoms with E-state index in [1.54, 1.807) is 0 Å². The lowest BCUT2D eigenvalue weighted by atomic mass is 10.00. The molecule has 5 heteroatoms. The lowest BCUT2D eigenvalue weighted by Crippen LogP contribution is -2.10. The van der Waals surface area contributed by atoms with Gasteiger partial charge in [-0.15, -0.1) is 0 Å². The lowest BCUT2D eigenvalue weighted by molar-refractivity contribution is 0.174. The first-order chi connectivity index (χ1) is 9.97. The number of hydrogen-bond acceptors (Lipinski definition) is 2. The number of aliphatic hydroxyl groups is 1. The molecule has 0 fully saturated rings. The van der Waals surface area contributed by atoms with Crippen molar-refractivity contribution in [2.75, 3.05) is 0 Å². The third-order valence-corrected chi connectivity index (χ3v) is 4.61. The second-order valence-corrected chi connectivity index (χ2v) is 6.39. The maximum absolute atomic E-state index is 10.6. The van der Waals surface area contributed by atoms with E-state index in [-0.39, 0.29) is 0 Å². The van der Waals surface area contributed by atoms with Crippen LogP contribution in [0.3, 0.4) is 0 Å². The second-order valence-electron chi connectivity index (χ2n) is 5.10. The molecule has 1 N–H and O–H groups in total. The van der Waals surface area contributed by atoms with E-state index < -0.39 is 6.10 Å².